The van der Waals surface area contributed by atoms with Gasteiger partial charge in [0.05, 0.1) is 11.7 Å². The Kier molecular flexibility index (Phi) is 1.99. The number of hydrogen-bond donors (Lipinski definition) is 1. The zero-order valence-corrected chi connectivity index (χ0v) is 10.0. The van der Waals surface area contributed by atoms with Gasteiger partial charge in [-0.2, -0.15) is 0 Å². The number of nitrogens with two attached hydrogens (primary N) is 1. The average Bonchev–Trinajstić information content (AvgIpc) is 2.72. The number of rotatable bonds is 1. The Labute approximate surface area is 101 Å². The van der Waals surface area contributed by atoms with Crippen LogP contribution in [0, 0.1) is 5.92 Å². The van der Waals surface area contributed by atoms with Gasteiger partial charge in [-0.05, 0) is 12.1 Å². The van der Waals surface area contributed by atoms with Gasteiger partial charge in [0.1, 0.15) is 5.76 Å². The molecule has 5 heterocycles. The van der Waals surface area contributed by atoms with Crippen LogP contribution in [0.5, 0.6) is 0 Å². The monoisotopic (exact) mass is 233 g/mol. The molecule has 4 fully saturated rings. The predicted octanol–water partition coefficient (Wildman–Crippen LogP) is 0.106. The van der Waals surface area contributed by atoms with Gasteiger partial charge in [0.2, 0.25) is 0 Å². The van der Waals surface area contributed by atoms with Gasteiger partial charge < -0.3 is 20.0 Å². The van der Waals surface area contributed by atoms with Gasteiger partial charge in [-0.1, -0.05) is 0 Å². The molecule has 3 unspecified atom stereocenters. The lowest BCUT2D eigenvalue weighted by atomic mass is 9.67. The van der Waals surface area contributed by atoms with Crippen molar-refractivity contribution < 1.29 is 4.42 Å². The van der Waals surface area contributed by atoms with Crippen molar-refractivity contribution in [3.63, 3.8) is 0 Å². The molecule has 0 amide bonds. The van der Waals surface area contributed by atoms with Crippen molar-refractivity contribution in [2.45, 2.75) is 11.5 Å². The fourth-order valence-corrected chi connectivity index (χ4v) is 4.09. The second-order valence-electron chi connectivity index (χ2n) is 5.89. The van der Waals surface area contributed by atoms with Crippen LogP contribution < -0.4 is 5.73 Å². The maximum atomic E-state index is 6.55. The van der Waals surface area contributed by atoms with Gasteiger partial charge in [0, 0.05) is 51.2 Å². The Bertz CT molecular complexity index is 400. The molecular formula is C13H19N3O. The van der Waals surface area contributed by atoms with Crippen LogP contribution >= 0.6 is 0 Å². The first-order valence-corrected chi connectivity index (χ1v) is 6.52. The van der Waals surface area contributed by atoms with E-state index in [0.29, 0.717) is 5.92 Å². The summed E-state index contributed by atoms with van der Waals surface area (Å²) in [7, 11) is 0. The van der Waals surface area contributed by atoms with E-state index in [1.165, 1.54) is 26.2 Å². The molecule has 4 bridgehead atoms. The second-order valence-corrected chi connectivity index (χ2v) is 5.89. The topological polar surface area (TPSA) is 45.6 Å². The molecule has 17 heavy (non-hydrogen) atoms. The van der Waals surface area contributed by atoms with Crippen molar-refractivity contribution in [2.24, 2.45) is 11.7 Å². The van der Waals surface area contributed by atoms with Crippen LogP contribution in [-0.4, -0.2) is 55.1 Å². The fraction of sp³-hybridized carbons (Fsp3) is 0.692. The SMILES string of the molecule is NC1C2CN3CCN(C2)CC1(c1ccco1)C3. The number of hydrogen-bond acceptors (Lipinski definition) is 4. The van der Waals surface area contributed by atoms with Crippen LogP contribution in [0.15, 0.2) is 22.8 Å². The van der Waals surface area contributed by atoms with Gasteiger partial charge in [0.15, 0.2) is 0 Å². The van der Waals surface area contributed by atoms with Gasteiger partial charge in [-0.25, -0.2) is 0 Å². The molecule has 4 saturated heterocycles. The molecule has 0 spiro atoms. The van der Waals surface area contributed by atoms with Crippen LogP contribution in [0.2, 0.25) is 0 Å². The van der Waals surface area contributed by atoms with E-state index in [2.05, 4.69) is 15.9 Å². The summed E-state index contributed by atoms with van der Waals surface area (Å²) < 4.78 is 5.71. The molecular weight excluding hydrogens is 214 g/mol. The van der Waals surface area contributed by atoms with E-state index >= 15 is 0 Å². The van der Waals surface area contributed by atoms with E-state index in [0.717, 1.165) is 18.8 Å². The summed E-state index contributed by atoms with van der Waals surface area (Å²) in [6.07, 6.45) is 1.78. The first kappa shape index (κ1) is 10.1. The molecule has 5 rings (SSSR count). The zero-order chi connectivity index (χ0) is 11.5. The van der Waals surface area contributed by atoms with Crippen molar-refractivity contribution in [1.29, 1.82) is 0 Å². The van der Waals surface area contributed by atoms with Crippen molar-refractivity contribution >= 4 is 0 Å². The molecule has 0 radical (unpaired) electrons. The molecule has 4 nitrogen and oxygen atoms in total. The fourth-order valence-electron chi connectivity index (χ4n) is 4.09. The molecule has 1 aromatic rings. The number of nitrogens with zero attached hydrogens (tertiary/aromatic N) is 2. The summed E-state index contributed by atoms with van der Waals surface area (Å²) >= 11 is 0. The van der Waals surface area contributed by atoms with Crippen LogP contribution in [0.25, 0.3) is 0 Å². The summed E-state index contributed by atoms with van der Waals surface area (Å²) in [5.41, 5.74) is 6.58. The summed E-state index contributed by atoms with van der Waals surface area (Å²) in [4.78, 5) is 5.15. The van der Waals surface area contributed by atoms with Gasteiger partial charge >= 0.3 is 0 Å². The normalized spacial score (nSPS) is 48.3. The third kappa shape index (κ3) is 1.29. The van der Waals surface area contributed by atoms with Crippen molar-refractivity contribution in [2.75, 3.05) is 39.3 Å². The smallest absolute Gasteiger partial charge is 0.114 e. The van der Waals surface area contributed by atoms with Crippen LogP contribution in [0.3, 0.4) is 0 Å². The lowest BCUT2D eigenvalue weighted by Gasteiger charge is -2.53. The largest absolute Gasteiger partial charge is 0.469 e. The first-order chi connectivity index (χ1) is 8.28. The number of fused-ring (bicyclic) bond motifs is 1. The third-order valence-corrected chi connectivity index (χ3v) is 4.89. The highest BCUT2D eigenvalue weighted by molar-refractivity contribution is 5.25. The van der Waals surface area contributed by atoms with Gasteiger partial charge in [-0.15, -0.1) is 0 Å². The van der Waals surface area contributed by atoms with Crippen molar-refractivity contribution in [3.8, 4) is 0 Å². The third-order valence-electron chi connectivity index (χ3n) is 4.89. The maximum Gasteiger partial charge on any atom is 0.114 e. The minimum Gasteiger partial charge on any atom is -0.469 e. The minimum atomic E-state index is 0.0289. The molecule has 2 N–H and O–H groups in total. The molecule has 3 atom stereocenters. The van der Waals surface area contributed by atoms with Gasteiger partial charge in [0.25, 0.3) is 0 Å². The van der Waals surface area contributed by atoms with Crippen LogP contribution in [0.4, 0.5) is 0 Å². The van der Waals surface area contributed by atoms with E-state index < -0.39 is 0 Å². The highest BCUT2D eigenvalue weighted by atomic mass is 16.3. The zero-order valence-electron chi connectivity index (χ0n) is 10.0. The molecule has 4 aliphatic heterocycles. The molecule has 0 aromatic carbocycles. The molecule has 4 heteroatoms. The van der Waals surface area contributed by atoms with E-state index in [4.69, 9.17) is 10.2 Å². The quantitative estimate of drug-likeness (QED) is 0.747. The highest BCUT2D eigenvalue weighted by Gasteiger charge is 2.55. The lowest BCUT2D eigenvalue weighted by molar-refractivity contribution is 0.0234. The predicted molar refractivity (Wildman–Crippen MR) is 64.7 cm³/mol. The van der Waals surface area contributed by atoms with E-state index in [9.17, 15) is 0 Å². The molecule has 0 aliphatic carbocycles. The summed E-state index contributed by atoms with van der Waals surface area (Å²) in [5, 5.41) is 0. The van der Waals surface area contributed by atoms with Crippen LogP contribution in [-0.2, 0) is 5.41 Å². The Morgan fingerprint density at radius 2 is 1.94 bits per heavy atom. The molecule has 1 aromatic heterocycles. The standard InChI is InChI=1S/C13H19N3O/c14-12-10-6-15-3-4-16(7-10)9-13(12,8-15)11-2-1-5-17-11/h1-2,5,10,12H,3-4,6-9,14H2. The average molecular weight is 233 g/mol. The van der Waals surface area contributed by atoms with Crippen molar-refractivity contribution in [3.05, 3.63) is 24.2 Å². The highest BCUT2D eigenvalue weighted by Crippen LogP contribution is 2.42. The Balaban J connectivity index is 1.83. The number of piperidine rings is 2. The molecule has 0 saturated carbocycles. The summed E-state index contributed by atoms with van der Waals surface area (Å²) in [6, 6.07) is 4.34. The molecule has 4 aliphatic rings. The van der Waals surface area contributed by atoms with E-state index in [1.807, 2.05) is 6.07 Å². The Hall–Kier alpha value is -0.840. The second kappa shape index (κ2) is 3.34. The Morgan fingerprint density at radius 1 is 1.24 bits per heavy atom. The van der Waals surface area contributed by atoms with Gasteiger partial charge in [-0.3, -0.25) is 0 Å². The van der Waals surface area contributed by atoms with Crippen molar-refractivity contribution in [1.82, 2.24) is 9.80 Å². The van der Waals surface area contributed by atoms with E-state index in [1.54, 1.807) is 6.26 Å². The lowest BCUT2D eigenvalue weighted by Crippen LogP contribution is -2.68. The van der Waals surface area contributed by atoms with E-state index in [-0.39, 0.29) is 11.5 Å². The first-order valence-electron chi connectivity index (χ1n) is 6.52. The molecule has 92 valence electrons. The van der Waals surface area contributed by atoms with Crippen LogP contribution in [0.1, 0.15) is 5.76 Å². The minimum absolute atomic E-state index is 0.0289. The Morgan fingerprint density at radius 3 is 2.53 bits per heavy atom. The summed E-state index contributed by atoms with van der Waals surface area (Å²) in [5.74, 6) is 1.69. The summed E-state index contributed by atoms with van der Waals surface area (Å²) in [6.45, 7) is 6.83. The maximum absolute atomic E-state index is 6.55. The number of furan rings is 1.